The molecule has 0 saturated carbocycles. The third-order valence-corrected chi connectivity index (χ3v) is 7.37. The predicted molar refractivity (Wildman–Crippen MR) is 192 cm³/mol. The normalized spacial score (nSPS) is 11.7. The summed E-state index contributed by atoms with van der Waals surface area (Å²) in [6.07, 6.45) is 3.43. The van der Waals surface area contributed by atoms with Crippen molar-refractivity contribution in [1.29, 1.82) is 0 Å². The van der Waals surface area contributed by atoms with Gasteiger partial charge < -0.3 is 39.1 Å². The van der Waals surface area contributed by atoms with E-state index in [1.54, 1.807) is 62.4 Å². The van der Waals surface area contributed by atoms with Gasteiger partial charge in [0.25, 0.3) is 11.8 Å². The van der Waals surface area contributed by atoms with Gasteiger partial charge in [-0.1, -0.05) is 13.8 Å². The summed E-state index contributed by atoms with van der Waals surface area (Å²) >= 11 is 0. The van der Waals surface area contributed by atoms with Crippen LogP contribution >= 0.6 is 0 Å². The van der Waals surface area contributed by atoms with Crippen LogP contribution in [0.5, 0.6) is 11.5 Å². The third-order valence-electron chi connectivity index (χ3n) is 7.37. The van der Waals surface area contributed by atoms with Crippen LogP contribution in [-0.4, -0.2) is 74.3 Å². The summed E-state index contributed by atoms with van der Waals surface area (Å²) in [5.74, 6) is -1.14. The molecule has 0 spiro atoms. The minimum atomic E-state index is -0.889. The number of hydrogen-bond acceptors (Lipinski definition) is 12. The zero-order valence-electron chi connectivity index (χ0n) is 30.6. The summed E-state index contributed by atoms with van der Waals surface area (Å²) in [5, 5.41) is 5.37. The first-order valence-electron chi connectivity index (χ1n) is 17.8. The van der Waals surface area contributed by atoms with Crippen LogP contribution in [0.15, 0.2) is 48.5 Å². The van der Waals surface area contributed by atoms with Crippen molar-refractivity contribution >= 4 is 47.1 Å². The smallest absolute Gasteiger partial charge is 0.306 e. The fourth-order valence-corrected chi connectivity index (χ4v) is 4.36. The lowest BCUT2D eigenvalue weighted by atomic mass is 10.2. The van der Waals surface area contributed by atoms with Gasteiger partial charge in [0.15, 0.2) is 12.2 Å². The fourth-order valence-electron chi connectivity index (χ4n) is 4.36. The van der Waals surface area contributed by atoms with Gasteiger partial charge in [-0.2, -0.15) is 0 Å². The van der Waals surface area contributed by atoms with Gasteiger partial charge in [0.05, 0.1) is 13.2 Å². The van der Waals surface area contributed by atoms with Gasteiger partial charge in [0.1, 0.15) is 24.7 Å². The Morgan fingerprint density at radius 1 is 0.500 bits per heavy atom. The van der Waals surface area contributed by atoms with E-state index in [0.29, 0.717) is 48.9 Å². The van der Waals surface area contributed by atoms with Gasteiger partial charge in [0.2, 0.25) is 0 Å². The predicted octanol–water partition coefficient (Wildman–Crippen LogP) is 5.91. The lowest BCUT2D eigenvalue weighted by molar-refractivity contribution is -0.153. The quantitative estimate of drug-likeness (QED) is 0.0702. The second-order valence-corrected chi connectivity index (χ2v) is 11.8. The largest absolute Gasteiger partial charge is 0.494 e. The van der Waals surface area contributed by atoms with Crippen LogP contribution < -0.4 is 20.1 Å². The van der Waals surface area contributed by atoms with Crippen molar-refractivity contribution in [3.63, 3.8) is 0 Å². The third kappa shape index (κ3) is 18.7. The molecule has 0 aliphatic rings. The van der Waals surface area contributed by atoms with Crippen molar-refractivity contribution in [2.45, 2.75) is 104 Å². The number of benzene rings is 2. The lowest BCUT2D eigenvalue weighted by Gasteiger charge is -2.13. The highest BCUT2D eigenvalue weighted by Gasteiger charge is 2.18. The summed E-state index contributed by atoms with van der Waals surface area (Å²) in [5.41, 5.74) is 1.11. The fraction of sp³-hybridized carbons (Fsp3) is 0.526. The second kappa shape index (κ2) is 24.9. The molecule has 14 heteroatoms. The van der Waals surface area contributed by atoms with Gasteiger partial charge in [-0.3, -0.25) is 28.8 Å². The Morgan fingerprint density at radius 3 is 1.21 bits per heavy atom. The molecule has 2 aromatic rings. The van der Waals surface area contributed by atoms with Gasteiger partial charge >= 0.3 is 23.9 Å². The van der Waals surface area contributed by atoms with E-state index in [1.807, 2.05) is 0 Å². The molecule has 2 aromatic carbocycles. The van der Waals surface area contributed by atoms with Crippen molar-refractivity contribution in [2.24, 2.45) is 0 Å². The highest BCUT2D eigenvalue weighted by molar-refractivity contribution is 5.95. The number of amides is 2. The van der Waals surface area contributed by atoms with E-state index in [4.69, 9.17) is 28.4 Å². The molecule has 286 valence electrons. The van der Waals surface area contributed by atoms with Crippen LogP contribution in [0.25, 0.3) is 0 Å². The number of esters is 4. The van der Waals surface area contributed by atoms with E-state index in [1.165, 1.54) is 13.8 Å². The van der Waals surface area contributed by atoms with Crippen molar-refractivity contribution in [3.8, 4) is 11.5 Å². The molecule has 2 atom stereocenters. The van der Waals surface area contributed by atoms with E-state index in [-0.39, 0.29) is 50.8 Å². The molecule has 14 nitrogen and oxygen atoms in total. The number of hydrogen-bond donors (Lipinski definition) is 2. The number of nitrogens with one attached hydrogen (secondary N) is 2. The second-order valence-electron chi connectivity index (χ2n) is 11.8. The zero-order valence-corrected chi connectivity index (χ0v) is 30.6. The molecule has 0 bridgehead atoms. The Labute approximate surface area is 305 Å². The first-order valence-corrected chi connectivity index (χ1v) is 17.8. The molecule has 2 amide bonds. The minimum absolute atomic E-state index is 0.00851. The van der Waals surface area contributed by atoms with Crippen molar-refractivity contribution < 1.29 is 57.2 Å². The van der Waals surface area contributed by atoms with Crippen LogP contribution in [0.4, 0.5) is 11.4 Å². The van der Waals surface area contributed by atoms with Gasteiger partial charge in [-0.15, -0.1) is 0 Å². The summed E-state index contributed by atoms with van der Waals surface area (Å²) < 4.78 is 31.7. The Bertz CT molecular complexity index is 1300. The standard InChI is InChI=1S/C38H52N2O12/c1-5-33(41)51-27(3)37(45)39-29-15-19-31(20-16-29)47-23-11-7-9-13-35(43)49-25-26-50-36(44)14-10-8-12-24-48-32-21-17-30(18-22-32)40-38(46)28(4)52-34(42)6-2/h15-22,27-28H,5-14,23-26H2,1-4H3,(H,39,45)(H,40,46). The molecule has 0 radical (unpaired) electrons. The van der Waals surface area contributed by atoms with Crippen LogP contribution in [0.1, 0.15) is 91.9 Å². The average Bonchev–Trinajstić information content (AvgIpc) is 3.13. The summed E-state index contributed by atoms with van der Waals surface area (Å²) in [6, 6.07) is 13.7. The summed E-state index contributed by atoms with van der Waals surface area (Å²) in [6.45, 7) is 7.28. The Morgan fingerprint density at radius 2 is 0.865 bits per heavy atom. The highest BCUT2D eigenvalue weighted by Crippen LogP contribution is 2.18. The van der Waals surface area contributed by atoms with Crippen LogP contribution in [-0.2, 0) is 47.7 Å². The first-order chi connectivity index (χ1) is 25.0. The molecular weight excluding hydrogens is 676 g/mol. The number of carbonyl (C=O) groups excluding carboxylic acids is 6. The molecule has 0 aliphatic heterocycles. The maximum absolute atomic E-state index is 12.1. The van der Waals surface area contributed by atoms with Gasteiger partial charge in [0, 0.05) is 37.1 Å². The van der Waals surface area contributed by atoms with Crippen LogP contribution in [0, 0.1) is 0 Å². The van der Waals surface area contributed by atoms with E-state index < -0.39 is 36.0 Å². The summed E-state index contributed by atoms with van der Waals surface area (Å²) in [4.78, 5) is 70.9. The van der Waals surface area contributed by atoms with Crippen molar-refractivity contribution in [3.05, 3.63) is 48.5 Å². The SMILES string of the molecule is CCC(=O)OC(C)C(=O)Nc1ccc(OCCCCCC(=O)OCCOC(=O)CCCCCOc2ccc(NC(=O)C(C)OC(=O)CC)cc2)cc1. The Balaban J connectivity index is 1.43. The molecular formula is C38H52N2O12. The topological polar surface area (TPSA) is 182 Å². The molecule has 2 N–H and O–H groups in total. The number of rotatable bonds is 25. The molecule has 0 heterocycles. The zero-order chi connectivity index (χ0) is 38.1. The maximum atomic E-state index is 12.1. The molecule has 52 heavy (non-hydrogen) atoms. The monoisotopic (exact) mass is 728 g/mol. The van der Waals surface area contributed by atoms with Crippen LogP contribution in [0.2, 0.25) is 0 Å². The first kappa shape index (κ1) is 43.0. The number of anilines is 2. The number of ether oxygens (including phenoxy) is 6. The minimum Gasteiger partial charge on any atom is -0.494 e. The van der Waals surface area contributed by atoms with E-state index in [9.17, 15) is 28.8 Å². The van der Waals surface area contributed by atoms with Gasteiger partial charge in [-0.05, 0) is 101 Å². The van der Waals surface area contributed by atoms with E-state index in [0.717, 1.165) is 25.7 Å². The van der Waals surface area contributed by atoms with Crippen molar-refractivity contribution in [1.82, 2.24) is 0 Å². The number of unbranched alkanes of at least 4 members (excludes halogenated alkanes) is 4. The van der Waals surface area contributed by atoms with E-state index in [2.05, 4.69) is 10.6 Å². The maximum Gasteiger partial charge on any atom is 0.306 e. The van der Waals surface area contributed by atoms with Gasteiger partial charge in [-0.25, -0.2) is 0 Å². The van der Waals surface area contributed by atoms with E-state index >= 15 is 0 Å². The molecule has 0 fully saturated rings. The molecule has 2 rings (SSSR count). The van der Waals surface area contributed by atoms with Crippen LogP contribution in [0.3, 0.4) is 0 Å². The Hall–Kier alpha value is -5.14. The highest BCUT2D eigenvalue weighted by atomic mass is 16.6. The summed E-state index contributed by atoms with van der Waals surface area (Å²) in [7, 11) is 0. The molecule has 0 aliphatic carbocycles. The molecule has 0 aromatic heterocycles. The molecule has 0 saturated heterocycles. The Kier molecular flexibility index (Phi) is 20.6. The molecule has 2 unspecified atom stereocenters. The lowest BCUT2D eigenvalue weighted by Crippen LogP contribution is -2.29. The average molecular weight is 729 g/mol. The van der Waals surface area contributed by atoms with Crippen molar-refractivity contribution in [2.75, 3.05) is 37.1 Å². The number of carbonyl (C=O) groups is 6.